The van der Waals surface area contributed by atoms with Gasteiger partial charge in [-0.15, -0.1) is 21.5 Å². The highest BCUT2D eigenvalue weighted by atomic mass is 32.2. The van der Waals surface area contributed by atoms with Crippen LogP contribution in [0.3, 0.4) is 0 Å². The number of para-hydroxylation sites is 1. The van der Waals surface area contributed by atoms with Crippen LogP contribution >= 0.6 is 23.1 Å². The fourth-order valence-electron chi connectivity index (χ4n) is 3.27. The number of morpholine rings is 1. The van der Waals surface area contributed by atoms with Crippen molar-refractivity contribution < 1.29 is 13.9 Å². The number of thiazole rings is 1. The number of hydrogen-bond acceptors (Lipinski definition) is 8. The Hall–Kier alpha value is -2.95. The lowest BCUT2D eigenvalue weighted by molar-refractivity contribution is 0.0299. The summed E-state index contributed by atoms with van der Waals surface area (Å²) < 4.78 is 12.8. The number of aromatic nitrogens is 4. The molecule has 10 heteroatoms. The predicted octanol–water partition coefficient (Wildman–Crippen LogP) is 3.75. The third-order valence-corrected chi connectivity index (χ3v) is 6.75. The molecule has 0 atom stereocenters. The molecule has 1 fully saturated rings. The topological polar surface area (TPSA) is 86.3 Å². The minimum atomic E-state index is -0.0386. The zero-order valence-corrected chi connectivity index (χ0v) is 18.1. The summed E-state index contributed by atoms with van der Waals surface area (Å²) in [5.74, 6) is 1.84. The first-order valence-electron chi connectivity index (χ1n) is 9.78. The zero-order chi connectivity index (χ0) is 21.0. The molecule has 8 nitrogen and oxygen atoms in total. The van der Waals surface area contributed by atoms with E-state index in [0.29, 0.717) is 49.3 Å². The summed E-state index contributed by atoms with van der Waals surface area (Å²) >= 11 is 3.01. The second kappa shape index (κ2) is 9.04. The van der Waals surface area contributed by atoms with Gasteiger partial charge in [-0.05, 0) is 24.3 Å². The summed E-state index contributed by atoms with van der Waals surface area (Å²) in [5.41, 5.74) is 1.44. The molecule has 1 amide bonds. The van der Waals surface area contributed by atoms with Crippen LogP contribution in [0.2, 0.25) is 0 Å². The van der Waals surface area contributed by atoms with Crippen molar-refractivity contribution in [1.82, 2.24) is 24.6 Å². The van der Waals surface area contributed by atoms with Crippen LogP contribution in [0.4, 0.5) is 0 Å². The van der Waals surface area contributed by atoms with Crippen LogP contribution < -0.4 is 0 Å². The summed E-state index contributed by atoms with van der Waals surface area (Å²) in [7, 11) is 0. The lowest BCUT2D eigenvalue weighted by atomic mass is 10.3. The van der Waals surface area contributed by atoms with Crippen molar-refractivity contribution in [3.63, 3.8) is 0 Å². The minimum Gasteiger partial charge on any atom is -0.461 e. The Morgan fingerprint density at radius 1 is 1.10 bits per heavy atom. The number of ether oxygens (including phenoxy) is 1. The van der Waals surface area contributed by atoms with E-state index in [1.807, 2.05) is 52.4 Å². The fourth-order valence-corrected chi connectivity index (χ4v) is 5.01. The largest absolute Gasteiger partial charge is 0.461 e. The van der Waals surface area contributed by atoms with Crippen molar-refractivity contribution in [2.75, 3.05) is 26.3 Å². The van der Waals surface area contributed by atoms with Crippen LogP contribution in [-0.4, -0.2) is 56.9 Å². The maximum Gasteiger partial charge on any atom is 0.273 e. The number of benzene rings is 1. The molecule has 3 aromatic heterocycles. The maximum absolute atomic E-state index is 12.6. The minimum absolute atomic E-state index is 0.0386. The number of amides is 1. The van der Waals surface area contributed by atoms with Crippen LogP contribution in [0.15, 0.2) is 63.7 Å². The van der Waals surface area contributed by atoms with Crippen LogP contribution in [0.1, 0.15) is 15.5 Å². The monoisotopic (exact) mass is 453 g/mol. The molecule has 0 unspecified atom stereocenters. The van der Waals surface area contributed by atoms with Crippen molar-refractivity contribution in [1.29, 1.82) is 0 Å². The zero-order valence-electron chi connectivity index (χ0n) is 16.5. The molecule has 5 rings (SSSR count). The molecule has 158 valence electrons. The summed E-state index contributed by atoms with van der Waals surface area (Å²) in [6.45, 7) is 2.36. The second-order valence-electron chi connectivity index (χ2n) is 6.77. The van der Waals surface area contributed by atoms with Crippen molar-refractivity contribution in [3.05, 3.63) is 64.8 Å². The molecule has 1 aliphatic rings. The maximum atomic E-state index is 12.6. The van der Waals surface area contributed by atoms with Crippen LogP contribution in [0.25, 0.3) is 17.3 Å². The number of hydrogen-bond donors (Lipinski definition) is 0. The van der Waals surface area contributed by atoms with Crippen molar-refractivity contribution in [3.8, 4) is 17.3 Å². The Bertz CT molecular complexity index is 1150. The third-order valence-electron chi connectivity index (χ3n) is 4.78. The number of carbonyl (C=O) groups is 1. The number of rotatable bonds is 6. The predicted molar refractivity (Wildman–Crippen MR) is 117 cm³/mol. The van der Waals surface area contributed by atoms with Gasteiger partial charge in [0.05, 0.1) is 25.2 Å². The quantitative estimate of drug-likeness (QED) is 0.411. The van der Waals surface area contributed by atoms with E-state index in [9.17, 15) is 4.79 Å². The van der Waals surface area contributed by atoms with E-state index in [2.05, 4.69) is 15.2 Å². The highest BCUT2D eigenvalue weighted by Crippen LogP contribution is 2.30. The first-order chi connectivity index (χ1) is 15.3. The lowest BCUT2D eigenvalue weighted by Gasteiger charge is -2.25. The highest BCUT2D eigenvalue weighted by molar-refractivity contribution is 7.98. The van der Waals surface area contributed by atoms with Gasteiger partial charge in [0.1, 0.15) is 10.7 Å². The van der Waals surface area contributed by atoms with Crippen LogP contribution in [-0.2, 0) is 10.5 Å². The Kier molecular flexibility index (Phi) is 5.83. The van der Waals surface area contributed by atoms with Gasteiger partial charge < -0.3 is 14.1 Å². The summed E-state index contributed by atoms with van der Waals surface area (Å²) in [4.78, 5) is 19.0. The van der Waals surface area contributed by atoms with Gasteiger partial charge in [-0.2, -0.15) is 0 Å². The van der Waals surface area contributed by atoms with Gasteiger partial charge in [0.15, 0.2) is 10.9 Å². The van der Waals surface area contributed by atoms with Crippen molar-refractivity contribution >= 4 is 29.0 Å². The molecule has 1 saturated heterocycles. The average Bonchev–Trinajstić information content (AvgIpc) is 3.59. The van der Waals surface area contributed by atoms with Gasteiger partial charge in [0.2, 0.25) is 5.82 Å². The summed E-state index contributed by atoms with van der Waals surface area (Å²) in [6.07, 6.45) is 1.62. The SMILES string of the molecule is O=C(c1csc(CSc2nnc(-c3ccco3)n2-c2ccccc2)n1)N1CCOCC1. The lowest BCUT2D eigenvalue weighted by Crippen LogP contribution is -2.40. The molecule has 0 spiro atoms. The van der Waals surface area contributed by atoms with Gasteiger partial charge >= 0.3 is 0 Å². The molecule has 0 aliphatic carbocycles. The molecule has 0 bridgehead atoms. The molecular weight excluding hydrogens is 434 g/mol. The first-order valence-corrected chi connectivity index (χ1v) is 11.6. The number of nitrogens with zero attached hydrogens (tertiary/aromatic N) is 5. The fraction of sp³-hybridized carbons (Fsp3) is 0.238. The van der Waals surface area contributed by atoms with Gasteiger partial charge in [-0.25, -0.2) is 4.98 Å². The molecule has 0 N–H and O–H groups in total. The van der Waals surface area contributed by atoms with E-state index in [1.54, 1.807) is 11.2 Å². The number of furan rings is 1. The van der Waals surface area contributed by atoms with Gasteiger partial charge in [-0.1, -0.05) is 30.0 Å². The molecule has 0 radical (unpaired) electrons. The van der Waals surface area contributed by atoms with Gasteiger partial charge in [-0.3, -0.25) is 9.36 Å². The Balaban J connectivity index is 1.35. The van der Waals surface area contributed by atoms with E-state index >= 15 is 0 Å². The Labute approximate surface area is 186 Å². The summed E-state index contributed by atoms with van der Waals surface area (Å²) in [5, 5.41) is 12.2. The molecule has 31 heavy (non-hydrogen) atoms. The molecular formula is C21H19N5O3S2. The molecule has 4 aromatic rings. The average molecular weight is 454 g/mol. The number of thioether (sulfide) groups is 1. The second-order valence-corrected chi connectivity index (χ2v) is 8.66. The highest BCUT2D eigenvalue weighted by Gasteiger charge is 2.22. The van der Waals surface area contributed by atoms with Crippen LogP contribution in [0, 0.1) is 0 Å². The van der Waals surface area contributed by atoms with E-state index < -0.39 is 0 Å². The van der Waals surface area contributed by atoms with E-state index in [1.165, 1.54) is 23.1 Å². The first kappa shape index (κ1) is 20.0. The Morgan fingerprint density at radius 3 is 2.71 bits per heavy atom. The standard InChI is InChI=1S/C21H19N5O3S2/c27-20(25-8-11-28-12-9-25)16-13-30-18(22-16)14-31-21-24-23-19(17-7-4-10-29-17)26(21)15-5-2-1-3-6-15/h1-7,10,13H,8-9,11-12,14H2. The number of carbonyl (C=O) groups excluding carboxylic acids is 1. The molecule has 1 aliphatic heterocycles. The van der Waals surface area contributed by atoms with Crippen LogP contribution in [0.5, 0.6) is 0 Å². The van der Waals surface area contributed by atoms with E-state index in [4.69, 9.17) is 9.15 Å². The van der Waals surface area contributed by atoms with Gasteiger partial charge in [0.25, 0.3) is 5.91 Å². The Morgan fingerprint density at radius 2 is 1.94 bits per heavy atom. The molecule has 1 aromatic carbocycles. The van der Waals surface area contributed by atoms with E-state index in [-0.39, 0.29) is 5.91 Å². The van der Waals surface area contributed by atoms with Crippen molar-refractivity contribution in [2.45, 2.75) is 10.9 Å². The van der Waals surface area contributed by atoms with Gasteiger partial charge in [0, 0.05) is 24.2 Å². The van der Waals surface area contributed by atoms with Crippen molar-refractivity contribution in [2.24, 2.45) is 0 Å². The molecule has 4 heterocycles. The van der Waals surface area contributed by atoms with E-state index in [0.717, 1.165) is 15.9 Å². The smallest absolute Gasteiger partial charge is 0.273 e. The summed E-state index contributed by atoms with van der Waals surface area (Å²) in [6, 6.07) is 13.6. The normalized spacial score (nSPS) is 14.1. The third kappa shape index (κ3) is 4.27. The molecule has 0 saturated carbocycles.